The van der Waals surface area contributed by atoms with Gasteiger partial charge >= 0.3 is 0 Å². The third-order valence-corrected chi connectivity index (χ3v) is 5.19. The summed E-state index contributed by atoms with van der Waals surface area (Å²) in [4.78, 5) is 32.7. The minimum absolute atomic E-state index is 0.0106. The molecular formula is C19H30N4O6. The average molecular weight is 410 g/mol. The quantitative estimate of drug-likeness (QED) is 0.460. The summed E-state index contributed by atoms with van der Waals surface area (Å²) in [6.45, 7) is 1.14. The zero-order valence-corrected chi connectivity index (χ0v) is 16.4. The molecule has 1 aromatic heterocycles. The molecule has 1 aromatic rings. The Kier molecular flexibility index (Phi) is 9.58. The summed E-state index contributed by atoms with van der Waals surface area (Å²) >= 11 is 0. The molecule has 2 amide bonds. The Balaban J connectivity index is 0.000000941. The molecular weight excluding hydrogens is 380 g/mol. The number of nitrogens with one attached hydrogen (secondary N) is 2. The van der Waals surface area contributed by atoms with Crippen LogP contribution in [-0.4, -0.2) is 69.7 Å². The van der Waals surface area contributed by atoms with E-state index in [9.17, 15) is 14.7 Å². The molecule has 1 aliphatic carbocycles. The lowest BCUT2D eigenvalue weighted by Gasteiger charge is -2.29. The molecule has 0 bridgehead atoms. The number of hydrogen-bond donors (Lipinski definition) is 4. The first-order chi connectivity index (χ1) is 14.0. The number of amides is 2. The number of hydrogen-bond acceptors (Lipinski definition) is 6. The van der Waals surface area contributed by atoms with Crippen molar-refractivity contribution in [1.29, 1.82) is 0 Å². The van der Waals surface area contributed by atoms with Gasteiger partial charge in [-0.1, -0.05) is 0 Å². The minimum Gasteiger partial charge on any atom is -0.483 e. The number of aliphatic hydroxyl groups is 1. The molecule has 1 aliphatic heterocycles. The number of carboxylic acid groups (broad SMARTS) is 1. The van der Waals surface area contributed by atoms with E-state index in [0.717, 1.165) is 38.6 Å². The maximum atomic E-state index is 12.3. The number of carbonyl (C=O) groups is 3. The first-order valence-electron chi connectivity index (χ1n) is 9.94. The Morgan fingerprint density at radius 2 is 1.93 bits per heavy atom. The Labute approximate surface area is 169 Å². The van der Waals surface area contributed by atoms with Crippen molar-refractivity contribution >= 4 is 18.3 Å². The third kappa shape index (κ3) is 7.82. The van der Waals surface area contributed by atoms with Crippen molar-refractivity contribution in [3.05, 3.63) is 18.5 Å². The van der Waals surface area contributed by atoms with Crippen LogP contribution in [0, 0.1) is 5.92 Å². The summed E-state index contributed by atoms with van der Waals surface area (Å²) in [6.07, 6.45) is 7.39. The van der Waals surface area contributed by atoms with Crippen LogP contribution in [0.2, 0.25) is 0 Å². The van der Waals surface area contributed by atoms with Crippen LogP contribution in [-0.2, 0) is 25.7 Å². The standard InChI is InChI=1S/C18H28N4O4.CH2O2/c23-16-12-26-11-15(16)21-18(25)13-4-6-14(7-5-13)20-17(24)3-1-9-22-10-2-8-19-22;2-1-3/h2,8,10,13-16,23H,1,3-7,9,11-12H2,(H,20,24)(H,21,25);1H,(H,2,3)/t13?,14?,15-,16-;/m0./s1. The van der Waals surface area contributed by atoms with Crippen molar-refractivity contribution in [2.75, 3.05) is 13.2 Å². The van der Waals surface area contributed by atoms with Gasteiger partial charge in [0, 0.05) is 37.3 Å². The van der Waals surface area contributed by atoms with Crippen LogP contribution in [0.25, 0.3) is 0 Å². The molecule has 3 rings (SSSR count). The van der Waals surface area contributed by atoms with E-state index in [1.54, 1.807) is 6.20 Å². The molecule has 0 radical (unpaired) electrons. The van der Waals surface area contributed by atoms with E-state index in [1.807, 2.05) is 16.9 Å². The van der Waals surface area contributed by atoms with Gasteiger partial charge < -0.3 is 25.6 Å². The maximum Gasteiger partial charge on any atom is 0.290 e. The van der Waals surface area contributed by atoms with Gasteiger partial charge in [-0.25, -0.2) is 0 Å². The van der Waals surface area contributed by atoms with Gasteiger partial charge in [0.15, 0.2) is 0 Å². The summed E-state index contributed by atoms with van der Waals surface area (Å²) in [7, 11) is 0. The molecule has 10 nitrogen and oxygen atoms in total. The number of carbonyl (C=O) groups excluding carboxylic acids is 2. The Morgan fingerprint density at radius 1 is 1.21 bits per heavy atom. The number of aliphatic hydroxyl groups excluding tert-OH is 1. The van der Waals surface area contributed by atoms with E-state index >= 15 is 0 Å². The lowest BCUT2D eigenvalue weighted by Crippen LogP contribution is -2.47. The first-order valence-corrected chi connectivity index (χ1v) is 9.94. The molecule has 0 unspecified atom stereocenters. The smallest absolute Gasteiger partial charge is 0.290 e. The van der Waals surface area contributed by atoms with Crippen molar-refractivity contribution in [2.24, 2.45) is 5.92 Å². The normalized spacial score (nSPS) is 26.1. The highest BCUT2D eigenvalue weighted by Gasteiger charge is 2.32. The van der Waals surface area contributed by atoms with Crippen LogP contribution in [0.1, 0.15) is 38.5 Å². The lowest BCUT2D eigenvalue weighted by atomic mass is 9.85. The molecule has 1 saturated carbocycles. The van der Waals surface area contributed by atoms with Crippen LogP contribution in [0.3, 0.4) is 0 Å². The fourth-order valence-electron chi connectivity index (χ4n) is 3.62. The van der Waals surface area contributed by atoms with Crippen molar-refractivity contribution in [2.45, 2.75) is 63.3 Å². The highest BCUT2D eigenvalue weighted by Crippen LogP contribution is 2.25. The number of aromatic nitrogens is 2. The summed E-state index contributed by atoms with van der Waals surface area (Å²) in [5.41, 5.74) is 0. The minimum atomic E-state index is -0.615. The summed E-state index contributed by atoms with van der Waals surface area (Å²) in [5.74, 6) is 0.00982. The maximum absolute atomic E-state index is 12.3. The lowest BCUT2D eigenvalue weighted by molar-refractivity contribution is -0.127. The van der Waals surface area contributed by atoms with Crippen molar-refractivity contribution in [1.82, 2.24) is 20.4 Å². The molecule has 2 heterocycles. The first kappa shape index (κ1) is 22.8. The highest BCUT2D eigenvalue weighted by molar-refractivity contribution is 5.79. The molecule has 2 fully saturated rings. The Morgan fingerprint density at radius 3 is 2.52 bits per heavy atom. The number of aryl methyl sites for hydroxylation is 1. The zero-order valence-electron chi connectivity index (χ0n) is 16.4. The molecule has 2 atom stereocenters. The second-order valence-electron chi connectivity index (χ2n) is 7.31. The summed E-state index contributed by atoms with van der Waals surface area (Å²) in [6, 6.07) is 1.72. The van der Waals surface area contributed by atoms with Gasteiger partial charge in [-0.3, -0.25) is 19.1 Å². The Bertz CT molecular complexity index is 631. The van der Waals surface area contributed by atoms with Gasteiger partial charge in [-0.05, 0) is 38.2 Å². The van der Waals surface area contributed by atoms with Crippen molar-refractivity contribution in [3.8, 4) is 0 Å². The van der Waals surface area contributed by atoms with Crippen molar-refractivity contribution < 1.29 is 29.3 Å². The SMILES string of the molecule is O=C(CCCn1cccn1)NC1CCC(C(=O)N[C@H]2COC[C@@H]2O)CC1.O=CO. The predicted molar refractivity (Wildman–Crippen MR) is 103 cm³/mol. The molecule has 4 N–H and O–H groups in total. The van der Waals surface area contributed by atoms with Crippen LogP contribution < -0.4 is 10.6 Å². The molecule has 1 saturated heterocycles. The van der Waals surface area contributed by atoms with Gasteiger partial charge in [0.2, 0.25) is 11.8 Å². The molecule has 10 heteroatoms. The fraction of sp³-hybridized carbons (Fsp3) is 0.684. The van der Waals surface area contributed by atoms with E-state index in [4.69, 9.17) is 14.6 Å². The van der Waals surface area contributed by atoms with Gasteiger partial charge in [0.1, 0.15) is 0 Å². The molecule has 0 spiro atoms. The molecule has 29 heavy (non-hydrogen) atoms. The fourth-order valence-corrected chi connectivity index (χ4v) is 3.62. The number of nitrogens with zero attached hydrogens (tertiary/aromatic N) is 2. The zero-order chi connectivity index (χ0) is 21.1. The second kappa shape index (κ2) is 12.2. The van der Waals surface area contributed by atoms with Gasteiger partial charge in [0.05, 0.1) is 25.4 Å². The van der Waals surface area contributed by atoms with Crippen LogP contribution in [0.4, 0.5) is 0 Å². The third-order valence-electron chi connectivity index (χ3n) is 5.19. The van der Waals surface area contributed by atoms with E-state index in [1.165, 1.54) is 0 Å². The summed E-state index contributed by atoms with van der Waals surface area (Å²) < 4.78 is 6.98. The second-order valence-corrected chi connectivity index (χ2v) is 7.31. The topological polar surface area (TPSA) is 143 Å². The van der Waals surface area contributed by atoms with Gasteiger partial charge in [0.25, 0.3) is 6.47 Å². The van der Waals surface area contributed by atoms with Crippen LogP contribution >= 0.6 is 0 Å². The molecule has 2 aliphatic rings. The Hall–Kier alpha value is -2.46. The number of ether oxygens (including phenoxy) is 1. The largest absolute Gasteiger partial charge is 0.483 e. The van der Waals surface area contributed by atoms with Crippen LogP contribution in [0.15, 0.2) is 18.5 Å². The number of rotatable bonds is 7. The van der Waals surface area contributed by atoms with Crippen LogP contribution in [0.5, 0.6) is 0 Å². The monoisotopic (exact) mass is 410 g/mol. The van der Waals surface area contributed by atoms with Gasteiger partial charge in [-0.15, -0.1) is 0 Å². The van der Waals surface area contributed by atoms with E-state index in [0.29, 0.717) is 13.0 Å². The highest BCUT2D eigenvalue weighted by atomic mass is 16.5. The average Bonchev–Trinajstić information content (AvgIpc) is 3.35. The molecule has 0 aromatic carbocycles. The van der Waals surface area contributed by atoms with Gasteiger partial charge in [-0.2, -0.15) is 5.10 Å². The van der Waals surface area contributed by atoms with E-state index < -0.39 is 6.10 Å². The summed E-state index contributed by atoms with van der Waals surface area (Å²) in [5, 5.41) is 26.7. The molecule has 162 valence electrons. The van der Waals surface area contributed by atoms with E-state index in [2.05, 4.69) is 15.7 Å². The van der Waals surface area contributed by atoms with Crippen molar-refractivity contribution in [3.63, 3.8) is 0 Å². The predicted octanol–water partition coefficient (Wildman–Crippen LogP) is -0.0850. The van der Waals surface area contributed by atoms with E-state index in [-0.39, 0.29) is 42.9 Å².